The van der Waals surface area contributed by atoms with Gasteiger partial charge in [-0.3, -0.25) is 0 Å². The number of aromatic nitrogens is 1. The number of hydrogen-bond donors (Lipinski definition) is 2. The molecule has 0 unspecified atom stereocenters. The van der Waals surface area contributed by atoms with Gasteiger partial charge in [0.25, 0.3) is 0 Å². The summed E-state index contributed by atoms with van der Waals surface area (Å²) in [5.41, 5.74) is 11.1. The molecule has 1 aliphatic carbocycles. The van der Waals surface area contributed by atoms with Crippen LogP contribution >= 0.6 is 11.6 Å². The number of nitrogens with zero attached hydrogens (tertiary/aromatic N) is 1. The highest BCUT2D eigenvalue weighted by Crippen LogP contribution is 2.23. The monoisotopic (exact) mass is 331 g/mol. The fraction of sp³-hybridized carbons (Fsp3) is 0.474. The summed E-state index contributed by atoms with van der Waals surface area (Å²) in [5, 5.41) is 4.48. The minimum atomic E-state index is 0.406. The zero-order valence-electron chi connectivity index (χ0n) is 14.0. The standard InChI is InChI=1S/C19H26ClN3/c1-13-11-15(12-22-18-7-5-17(21)6-8-18)14(2)23(13)19-9-3-16(20)4-10-19/h3-4,9-11,17-18,22H,5-8,12,21H2,1-2H3. The highest BCUT2D eigenvalue weighted by atomic mass is 35.5. The lowest BCUT2D eigenvalue weighted by molar-refractivity contribution is 0.341. The smallest absolute Gasteiger partial charge is 0.0456 e. The zero-order valence-corrected chi connectivity index (χ0v) is 14.7. The second-order valence-electron chi connectivity index (χ2n) is 6.70. The third-order valence-electron chi connectivity index (χ3n) is 4.97. The van der Waals surface area contributed by atoms with Crippen molar-refractivity contribution in [2.24, 2.45) is 5.73 Å². The minimum Gasteiger partial charge on any atom is -0.328 e. The number of halogens is 1. The summed E-state index contributed by atoms with van der Waals surface area (Å²) in [6, 6.07) is 11.3. The van der Waals surface area contributed by atoms with Crippen LogP contribution in [-0.2, 0) is 6.54 Å². The normalized spacial score (nSPS) is 21.6. The maximum absolute atomic E-state index is 6.00. The molecule has 3 N–H and O–H groups in total. The predicted molar refractivity (Wildman–Crippen MR) is 97.3 cm³/mol. The minimum absolute atomic E-state index is 0.406. The third-order valence-corrected chi connectivity index (χ3v) is 5.23. The van der Waals surface area contributed by atoms with Crippen molar-refractivity contribution in [3.05, 3.63) is 52.3 Å². The van der Waals surface area contributed by atoms with Gasteiger partial charge in [-0.1, -0.05) is 11.6 Å². The van der Waals surface area contributed by atoms with Gasteiger partial charge in [0.15, 0.2) is 0 Å². The first-order chi connectivity index (χ1) is 11.0. The first kappa shape index (κ1) is 16.6. The van der Waals surface area contributed by atoms with E-state index in [-0.39, 0.29) is 0 Å². The molecule has 0 bridgehead atoms. The molecule has 4 heteroatoms. The Labute approximate surface area is 143 Å². The van der Waals surface area contributed by atoms with Crippen molar-refractivity contribution in [2.45, 2.75) is 58.2 Å². The summed E-state index contributed by atoms with van der Waals surface area (Å²) in [7, 11) is 0. The van der Waals surface area contributed by atoms with E-state index in [1.807, 2.05) is 12.1 Å². The van der Waals surface area contributed by atoms with Crippen molar-refractivity contribution < 1.29 is 0 Å². The molecule has 0 aliphatic heterocycles. The number of hydrogen-bond acceptors (Lipinski definition) is 2. The number of rotatable bonds is 4. The van der Waals surface area contributed by atoms with E-state index in [1.165, 1.54) is 35.5 Å². The first-order valence-electron chi connectivity index (χ1n) is 8.47. The van der Waals surface area contributed by atoms with Crippen LogP contribution in [0, 0.1) is 13.8 Å². The number of nitrogens with two attached hydrogens (primary N) is 1. The van der Waals surface area contributed by atoms with Crippen LogP contribution in [0.5, 0.6) is 0 Å². The van der Waals surface area contributed by atoms with Crippen LogP contribution in [0.4, 0.5) is 0 Å². The average molecular weight is 332 g/mol. The van der Waals surface area contributed by atoms with Crippen molar-refractivity contribution in [1.82, 2.24) is 9.88 Å². The van der Waals surface area contributed by atoms with Gasteiger partial charge in [-0.05, 0) is 75.4 Å². The van der Waals surface area contributed by atoms with Crippen LogP contribution in [0.25, 0.3) is 5.69 Å². The summed E-state index contributed by atoms with van der Waals surface area (Å²) in [6.45, 7) is 5.27. The lowest BCUT2D eigenvalue weighted by atomic mass is 9.92. The quantitative estimate of drug-likeness (QED) is 0.885. The Balaban J connectivity index is 1.72. The van der Waals surface area contributed by atoms with E-state index in [1.54, 1.807) is 0 Å². The second kappa shape index (κ2) is 7.08. The van der Waals surface area contributed by atoms with Gasteiger partial charge in [-0.15, -0.1) is 0 Å². The molecule has 1 aromatic heterocycles. The van der Waals surface area contributed by atoms with E-state index in [0.717, 1.165) is 24.4 Å². The van der Waals surface area contributed by atoms with Crippen molar-refractivity contribution in [2.75, 3.05) is 0 Å². The molecule has 0 atom stereocenters. The molecule has 1 aromatic carbocycles. The van der Waals surface area contributed by atoms with Gasteiger partial charge in [0.2, 0.25) is 0 Å². The fourth-order valence-electron chi connectivity index (χ4n) is 3.57. The Morgan fingerprint density at radius 2 is 1.78 bits per heavy atom. The van der Waals surface area contributed by atoms with Gasteiger partial charge in [0.05, 0.1) is 0 Å². The van der Waals surface area contributed by atoms with E-state index in [0.29, 0.717) is 12.1 Å². The lowest BCUT2D eigenvalue weighted by Gasteiger charge is -2.27. The predicted octanol–water partition coefficient (Wildman–Crippen LogP) is 4.11. The van der Waals surface area contributed by atoms with Crippen LogP contribution in [-0.4, -0.2) is 16.7 Å². The summed E-state index contributed by atoms with van der Waals surface area (Å²) in [6.07, 6.45) is 4.66. The molecule has 0 spiro atoms. The Hall–Kier alpha value is -1.29. The molecule has 0 radical (unpaired) electrons. The molecule has 124 valence electrons. The van der Waals surface area contributed by atoms with E-state index < -0.39 is 0 Å². The van der Waals surface area contributed by atoms with Crippen LogP contribution in [0.15, 0.2) is 30.3 Å². The molecule has 1 saturated carbocycles. The average Bonchev–Trinajstić information content (AvgIpc) is 2.82. The molecule has 1 aliphatic rings. The Bertz CT molecular complexity index is 652. The summed E-state index contributed by atoms with van der Waals surface area (Å²) >= 11 is 6.00. The molecule has 0 amide bonds. The van der Waals surface area contributed by atoms with Gasteiger partial charge < -0.3 is 15.6 Å². The van der Waals surface area contributed by atoms with Crippen molar-refractivity contribution in [3.63, 3.8) is 0 Å². The van der Waals surface area contributed by atoms with E-state index >= 15 is 0 Å². The Kier molecular flexibility index (Phi) is 5.10. The van der Waals surface area contributed by atoms with Crippen LogP contribution in [0.3, 0.4) is 0 Å². The van der Waals surface area contributed by atoms with E-state index in [2.05, 4.69) is 41.9 Å². The topological polar surface area (TPSA) is 43.0 Å². The van der Waals surface area contributed by atoms with Gasteiger partial charge in [-0.25, -0.2) is 0 Å². The van der Waals surface area contributed by atoms with Crippen LogP contribution in [0.2, 0.25) is 5.02 Å². The molecule has 2 aromatic rings. The molecule has 1 heterocycles. The Morgan fingerprint density at radius 3 is 2.43 bits per heavy atom. The van der Waals surface area contributed by atoms with E-state index in [4.69, 9.17) is 17.3 Å². The first-order valence-corrected chi connectivity index (χ1v) is 8.85. The Morgan fingerprint density at radius 1 is 1.13 bits per heavy atom. The summed E-state index contributed by atoms with van der Waals surface area (Å²) in [4.78, 5) is 0. The fourth-order valence-corrected chi connectivity index (χ4v) is 3.70. The lowest BCUT2D eigenvalue weighted by Crippen LogP contribution is -2.37. The maximum atomic E-state index is 6.00. The zero-order chi connectivity index (χ0) is 16.4. The third kappa shape index (κ3) is 3.79. The van der Waals surface area contributed by atoms with Crippen LogP contribution in [0.1, 0.15) is 42.6 Å². The summed E-state index contributed by atoms with van der Waals surface area (Å²) in [5.74, 6) is 0. The molecular weight excluding hydrogens is 306 g/mol. The van der Waals surface area contributed by atoms with E-state index in [9.17, 15) is 0 Å². The van der Waals surface area contributed by atoms with Crippen molar-refractivity contribution in [3.8, 4) is 5.69 Å². The number of benzene rings is 1. The van der Waals surface area contributed by atoms with Crippen molar-refractivity contribution in [1.29, 1.82) is 0 Å². The molecular formula is C19H26ClN3. The van der Waals surface area contributed by atoms with Gasteiger partial charge >= 0.3 is 0 Å². The molecule has 1 fully saturated rings. The maximum Gasteiger partial charge on any atom is 0.0456 e. The van der Waals surface area contributed by atoms with Gasteiger partial charge in [-0.2, -0.15) is 0 Å². The van der Waals surface area contributed by atoms with Gasteiger partial charge in [0, 0.05) is 40.7 Å². The highest BCUT2D eigenvalue weighted by molar-refractivity contribution is 6.30. The van der Waals surface area contributed by atoms with Gasteiger partial charge in [0.1, 0.15) is 0 Å². The second-order valence-corrected chi connectivity index (χ2v) is 7.14. The van der Waals surface area contributed by atoms with Crippen molar-refractivity contribution >= 4 is 11.6 Å². The molecule has 3 rings (SSSR count). The highest BCUT2D eigenvalue weighted by Gasteiger charge is 2.18. The summed E-state index contributed by atoms with van der Waals surface area (Å²) < 4.78 is 2.30. The number of nitrogens with one attached hydrogen (secondary N) is 1. The largest absolute Gasteiger partial charge is 0.328 e. The molecule has 3 nitrogen and oxygen atoms in total. The SMILES string of the molecule is Cc1cc(CNC2CCC(N)CC2)c(C)n1-c1ccc(Cl)cc1. The molecule has 0 saturated heterocycles. The number of aryl methyl sites for hydroxylation is 1. The van der Waals surface area contributed by atoms with Crippen LogP contribution < -0.4 is 11.1 Å². The molecule has 23 heavy (non-hydrogen) atoms.